The monoisotopic (exact) mass is 1440 g/mol. The fourth-order valence-corrected chi connectivity index (χ4v) is 13.8. The lowest BCUT2D eigenvalue weighted by Crippen LogP contribution is -2.30. The van der Waals surface area contributed by atoms with Gasteiger partial charge in [-0.3, -0.25) is 37.3 Å². The summed E-state index contributed by atoms with van der Waals surface area (Å²) in [4.78, 5) is 72.9. The Morgan fingerprint density at radius 1 is 0.286 bits per heavy atom. The molecule has 0 aromatic heterocycles. The lowest BCUT2D eigenvalue weighted by Gasteiger charge is -2.21. The molecule has 0 aliphatic heterocycles. The van der Waals surface area contributed by atoms with Gasteiger partial charge in [0.1, 0.15) is 19.3 Å². The molecule has 3 unspecified atom stereocenters. The number of esters is 4. The molecule has 19 heteroatoms. The average Bonchev–Trinajstić information content (AvgIpc) is 0.951. The zero-order chi connectivity index (χ0) is 71.9. The molecule has 0 aromatic rings. The van der Waals surface area contributed by atoms with Crippen LogP contribution in [0.4, 0.5) is 0 Å². The van der Waals surface area contributed by atoms with E-state index in [4.69, 9.17) is 37.0 Å². The van der Waals surface area contributed by atoms with Crippen LogP contribution in [-0.4, -0.2) is 96.7 Å². The maximum atomic E-state index is 13.1. The van der Waals surface area contributed by atoms with Crippen molar-refractivity contribution >= 4 is 39.5 Å². The molecule has 0 rings (SSSR count). The van der Waals surface area contributed by atoms with Crippen molar-refractivity contribution in [1.82, 2.24) is 0 Å². The maximum absolute atomic E-state index is 13.1. The Balaban J connectivity index is 5.24. The van der Waals surface area contributed by atoms with Gasteiger partial charge in [-0.25, -0.2) is 9.13 Å². The van der Waals surface area contributed by atoms with Gasteiger partial charge in [-0.2, -0.15) is 0 Å². The van der Waals surface area contributed by atoms with Gasteiger partial charge < -0.3 is 33.8 Å². The van der Waals surface area contributed by atoms with E-state index in [1.54, 1.807) is 0 Å². The molecular formula is C79H154O17P2. The predicted molar refractivity (Wildman–Crippen MR) is 400 cm³/mol. The minimum Gasteiger partial charge on any atom is -0.462 e. The van der Waals surface area contributed by atoms with Crippen LogP contribution in [0.25, 0.3) is 0 Å². The Kier molecular flexibility index (Phi) is 70.6. The van der Waals surface area contributed by atoms with Crippen molar-refractivity contribution in [2.45, 2.75) is 438 Å². The van der Waals surface area contributed by atoms with Crippen LogP contribution in [0.15, 0.2) is 0 Å². The van der Waals surface area contributed by atoms with Crippen molar-refractivity contribution in [3.05, 3.63) is 0 Å². The third kappa shape index (κ3) is 71.1. The summed E-state index contributed by atoms with van der Waals surface area (Å²) in [5.41, 5.74) is 0. The first-order valence-corrected chi connectivity index (χ1v) is 44.2. The molecule has 0 aliphatic rings. The Hall–Kier alpha value is -1.94. The predicted octanol–water partition coefficient (Wildman–Crippen LogP) is 23.6. The van der Waals surface area contributed by atoms with Gasteiger partial charge in [0.25, 0.3) is 0 Å². The van der Waals surface area contributed by atoms with Gasteiger partial charge in [0.05, 0.1) is 26.4 Å². The van der Waals surface area contributed by atoms with Crippen LogP contribution < -0.4 is 0 Å². The van der Waals surface area contributed by atoms with Gasteiger partial charge in [-0.1, -0.05) is 369 Å². The van der Waals surface area contributed by atoms with Crippen molar-refractivity contribution in [2.24, 2.45) is 5.92 Å². The number of phosphoric ester groups is 2. The summed E-state index contributed by atoms with van der Waals surface area (Å²) in [7, 11) is -9.91. The van der Waals surface area contributed by atoms with E-state index < -0.39 is 97.5 Å². The Labute approximate surface area is 600 Å². The smallest absolute Gasteiger partial charge is 0.462 e. The van der Waals surface area contributed by atoms with Crippen LogP contribution in [-0.2, 0) is 65.4 Å². The number of aliphatic hydroxyl groups is 1. The fourth-order valence-electron chi connectivity index (χ4n) is 12.2. The first kappa shape index (κ1) is 96.1. The normalized spacial score (nSPS) is 14.2. The van der Waals surface area contributed by atoms with Crippen molar-refractivity contribution in [3.8, 4) is 0 Å². The quantitative estimate of drug-likeness (QED) is 0.0222. The van der Waals surface area contributed by atoms with E-state index in [2.05, 4.69) is 34.6 Å². The first-order valence-electron chi connectivity index (χ1n) is 41.2. The zero-order valence-electron chi connectivity index (χ0n) is 63.9. The number of phosphoric acid groups is 2. The van der Waals surface area contributed by atoms with Crippen LogP contribution in [0.5, 0.6) is 0 Å². The highest BCUT2D eigenvalue weighted by Gasteiger charge is 2.30. The Morgan fingerprint density at radius 2 is 0.490 bits per heavy atom. The number of unbranched alkanes of at least 4 members (excludes halogenated alkanes) is 50. The van der Waals surface area contributed by atoms with Crippen LogP contribution in [0.1, 0.15) is 420 Å². The second kappa shape index (κ2) is 72.0. The third-order valence-electron chi connectivity index (χ3n) is 18.9. The molecule has 0 spiro atoms. The SMILES string of the molecule is CCCCCCCCCCCCCCCCCCCCC(=O)O[C@H](COC(=O)CCCCCCCCCCCCCCCCCCC)COP(=O)(O)OC[C@@H](O)COP(=O)(O)OC[C@@H](COC(=O)CCCCCCCCC(C)CC)OC(=O)CCCCCCCCCCCCCCC. The summed E-state index contributed by atoms with van der Waals surface area (Å²) in [5, 5.41) is 10.6. The number of carbonyl (C=O) groups is 4. The average molecular weight is 1440 g/mol. The van der Waals surface area contributed by atoms with E-state index in [1.165, 1.54) is 238 Å². The van der Waals surface area contributed by atoms with Crippen LogP contribution in [0.3, 0.4) is 0 Å². The minimum atomic E-state index is -4.96. The van der Waals surface area contributed by atoms with Gasteiger partial charge >= 0.3 is 39.5 Å². The molecule has 3 N–H and O–H groups in total. The van der Waals surface area contributed by atoms with Gasteiger partial charge in [0.2, 0.25) is 0 Å². The fraction of sp³-hybridized carbons (Fsp3) is 0.949. The molecule has 0 saturated carbocycles. The Bertz CT molecular complexity index is 1880. The van der Waals surface area contributed by atoms with Gasteiger partial charge in [-0.15, -0.1) is 0 Å². The zero-order valence-corrected chi connectivity index (χ0v) is 65.7. The van der Waals surface area contributed by atoms with Crippen molar-refractivity contribution < 1.29 is 80.2 Å². The van der Waals surface area contributed by atoms with Gasteiger partial charge in [0.15, 0.2) is 12.2 Å². The van der Waals surface area contributed by atoms with E-state index in [-0.39, 0.29) is 25.7 Å². The molecule has 0 bridgehead atoms. The molecular weight excluding hydrogens is 1280 g/mol. The standard InChI is InChI=1S/C79H154O17P2/c1-6-10-13-16-19-22-25-28-30-32-34-36-39-42-45-48-55-60-65-78(83)95-74(68-89-76(81)62-57-52-46-43-40-38-35-33-31-29-26-23-20-17-14-11-7-2)70-93-97(85,86)91-66-73(80)67-92-98(87,88)94-71-75(69-90-77(82)63-58-53-50-49-51-56-61-72(5)9-4)96-79(84)64-59-54-47-44-41-37-27-24-21-18-15-12-8-3/h72-75,80H,6-71H2,1-5H3,(H,85,86)(H,87,88)/t72?,73-,74-,75-/m1/s1. The van der Waals surface area contributed by atoms with Crippen molar-refractivity contribution in [3.63, 3.8) is 0 Å². The van der Waals surface area contributed by atoms with Crippen LogP contribution in [0, 0.1) is 5.92 Å². The summed E-state index contributed by atoms with van der Waals surface area (Å²) >= 11 is 0. The molecule has 98 heavy (non-hydrogen) atoms. The number of ether oxygens (including phenoxy) is 4. The molecule has 6 atom stereocenters. The maximum Gasteiger partial charge on any atom is 0.472 e. The van der Waals surface area contributed by atoms with Crippen LogP contribution in [0.2, 0.25) is 0 Å². The van der Waals surface area contributed by atoms with Crippen molar-refractivity contribution in [2.75, 3.05) is 39.6 Å². The van der Waals surface area contributed by atoms with E-state index in [0.29, 0.717) is 25.7 Å². The van der Waals surface area contributed by atoms with Gasteiger partial charge in [0, 0.05) is 25.7 Å². The molecule has 0 saturated heterocycles. The molecule has 17 nitrogen and oxygen atoms in total. The summed E-state index contributed by atoms with van der Waals surface area (Å²) in [6.45, 7) is 7.28. The highest BCUT2D eigenvalue weighted by Crippen LogP contribution is 2.45. The first-order chi connectivity index (χ1) is 47.6. The lowest BCUT2D eigenvalue weighted by molar-refractivity contribution is -0.161. The number of hydrogen-bond acceptors (Lipinski definition) is 15. The lowest BCUT2D eigenvalue weighted by atomic mass is 10.00. The molecule has 0 fully saturated rings. The van der Waals surface area contributed by atoms with E-state index in [0.717, 1.165) is 102 Å². The molecule has 0 aliphatic carbocycles. The summed E-state index contributed by atoms with van der Waals surface area (Å²) in [5.74, 6) is -1.38. The second-order valence-corrected chi connectivity index (χ2v) is 31.6. The minimum absolute atomic E-state index is 0.107. The number of carbonyl (C=O) groups excluding carboxylic acids is 4. The highest BCUT2D eigenvalue weighted by molar-refractivity contribution is 7.47. The van der Waals surface area contributed by atoms with Crippen molar-refractivity contribution in [1.29, 1.82) is 0 Å². The van der Waals surface area contributed by atoms with E-state index in [9.17, 15) is 43.2 Å². The number of aliphatic hydroxyl groups excluding tert-OH is 1. The summed E-state index contributed by atoms with van der Waals surface area (Å²) < 4.78 is 68.6. The molecule has 0 aromatic carbocycles. The second-order valence-electron chi connectivity index (χ2n) is 28.7. The molecule has 582 valence electrons. The molecule has 0 heterocycles. The van der Waals surface area contributed by atoms with Crippen LogP contribution >= 0.6 is 15.6 Å². The highest BCUT2D eigenvalue weighted by atomic mass is 31.2. The summed E-state index contributed by atoms with van der Waals surface area (Å²) in [6.07, 6.45) is 62.4. The Morgan fingerprint density at radius 3 is 0.724 bits per heavy atom. The largest absolute Gasteiger partial charge is 0.472 e. The third-order valence-corrected chi connectivity index (χ3v) is 20.8. The summed E-state index contributed by atoms with van der Waals surface area (Å²) in [6, 6.07) is 0. The van der Waals surface area contributed by atoms with E-state index in [1.807, 2.05) is 0 Å². The molecule has 0 amide bonds. The van der Waals surface area contributed by atoms with E-state index >= 15 is 0 Å². The number of rotatable bonds is 79. The molecule has 0 radical (unpaired) electrons. The topological polar surface area (TPSA) is 237 Å². The number of hydrogen-bond donors (Lipinski definition) is 3. The van der Waals surface area contributed by atoms with Gasteiger partial charge in [-0.05, 0) is 31.6 Å².